The average molecular weight is 236 g/mol. The molecule has 0 N–H and O–H groups in total. The van der Waals surface area contributed by atoms with Gasteiger partial charge in [0.05, 0.1) is 0 Å². The van der Waals surface area contributed by atoms with Crippen LogP contribution >= 0.6 is 11.8 Å². The summed E-state index contributed by atoms with van der Waals surface area (Å²) in [6.45, 7) is 1.55. The molecule has 0 amide bonds. The van der Waals surface area contributed by atoms with E-state index in [-0.39, 0.29) is 11.6 Å². The largest absolute Gasteiger partial charge is 0.300 e. The van der Waals surface area contributed by atoms with Crippen LogP contribution in [0.2, 0.25) is 0 Å². The third kappa shape index (κ3) is 4.19. The number of benzene rings is 1. The first-order chi connectivity index (χ1) is 7.63. The molecule has 86 valence electrons. The minimum absolute atomic E-state index is 0.119. The number of hydrogen-bond donors (Lipinski definition) is 0. The Morgan fingerprint density at radius 2 is 1.75 bits per heavy atom. The molecule has 0 fully saturated rings. The van der Waals surface area contributed by atoms with Crippen molar-refractivity contribution in [2.45, 2.75) is 31.1 Å². The maximum Gasteiger partial charge on any atom is 0.162 e. The number of carbonyl (C=O) groups excluding carboxylic acids is 2. The van der Waals surface area contributed by atoms with Crippen molar-refractivity contribution in [2.24, 2.45) is 0 Å². The second-order valence-corrected chi connectivity index (χ2v) is 4.59. The number of Topliss-reactive ketones (excluding diaryl/α,β-unsaturated/α-hetero) is 2. The van der Waals surface area contributed by atoms with E-state index in [1.807, 2.05) is 30.5 Å². The van der Waals surface area contributed by atoms with Crippen LogP contribution in [0.1, 0.15) is 36.5 Å². The van der Waals surface area contributed by atoms with Gasteiger partial charge in [-0.15, -0.1) is 11.8 Å². The second-order valence-electron chi connectivity index (χ2n) is 3.71. The lowest BCUT2D eigenvalue weighted by atomic mass is 10.0. The monoisotopic (exact) mass is 236 g/mol. The molecule has 3 heteroatoms. The van der Waals surface area contributed by atoms with Crippen molar-refractivity contribution < 1.29 is 9.59 Å². The van der Waals surface area contributed by atoms with Gasteiger partial charge in [0.1, 0.15) is 5.78 Å². The maximum atomic E-state index is 11.7. The second kappa shape index (κ2) is 6.48. The Balaban J connectivity index is 2.49. The van der Waals surface area contributed by atoms with Gasteiger partial charge in [-0.2, -0.15) is 0 Å². The lowest BCUT2D eigenvalue weighted by Gasteiger charge is -2.01. The van der Waals surface area contributed by atoms with E-state index in [1.165, 1.54) is 0 Å². The van der Waals surface area contributed by atoms with Crippen LogP contribution in [0.3, 0.4) is 0 Å². The van der Waals surface area contributed by atoms with Gasteiger partial charge in [0.2, 0.25) is 0 Å². The molecule has 0 bridgehead atoms. The smallest absolute Gasteiger partial charge is 0.162 e. The zero-order valence-corrected chi connectivity index (χ0v) is 10.5. The van der Waals surface area contributed by atoms with Crippen LogP contribution in [0.4, 0.5) is 0 Å². The number of carbonyl (C=O) groups is 2. The lowest BCUT2D eigenvalue weighted by Crippen LogP contribution is -2.00. The molecule has 0 aromatic heterocycles. The minimum Gasteiger partial charge on any atom is -0.300 e. The predicted molar refractivity (Wildman–Crippen MR) is 67.1 cm³/mol. The highest BCUT2D eigenvalue weighted by Crippen LogP contribution is 2.16. The summed E-state index contributed by atoms with van der Waals surface area (Å²) in [5.74, 6) is 0.263. The molecule has 0 aliphatic rings. The normalized spacial score (nSPS) is 10.1. The van der Waals surface area contributed by atoms with Crippen LogP contribution in [-0.4, -0.2) is 17.8 Å². The fourth-order valence-electron chi connectivity index (χ4n) is 1.42. The molecular formula is C13H16O2S. The zero-order valence-electron chi connectivity index (χ0n) is 9.66. The van der Waals surface area contributed by atoms with Crippen LogP contribution < -0.4 is 0 Å². The van der Waals surface area contributed by atoms with Crippen molar-refractivity contribution in [3.05, 3.63) is 29.8 Å². The van der Waals surface area contributed by atoms with E-state index in [0.717, 1.165) is 10.5 Å². The molecule has 0 saturated carbocycles. The summed E-state index contributed by atoms with van der Waals surface area (Å²) >= 11 is 1.66. The molecule has 1 aromatic rings. The summed E-state index contributed by atoms with van der Waals surface area (Å²) in [5, 5.41) is 0. The molecule has 0 saturated heterocycles. The summed E-state index contributed by atoms with van der Waals surface area (Å²) in [5.41, 5.74) is 0.737. The van der Waals surface area contributed by atoms with E-state index in [2.05, 4.69) is 0 Å². The number of thioether (sulfide) groups is 1. The van der Waals surface area contributed by atoms with Crippen LogP contribution in [0, 0.1) is 0 Å². The van der Waals surface area contributed by atoms with Crippen molar-refractivity contribution >= 4 is 23.3 Å². The van der Waals surface area contributed by atoms with Gasteiger partial charge in [-0.05, 0) is 31.7 Å². The zero-order chi connectivity index (χ0) is 12.0. The number of hydrogen-bond acceptors (Lipinski definition) is 3. The first-order valence-electron chi connectivity index (χ1n) is 5.30. The molecule has 1 aromatic carbocycles. The summed E-state index contributed by atoms with van der Waals surface area (Å²) in [6, 6.07) is 7.59. The Labute approximate surface area is 100 Å². The van der Waals surface area contributed by atoms with Crippen molar-refractivity contribution in [1.29, 1.82) is 0 Å². The molecule has 0 radical (unpaired) electrons. The standard InChI is InChI=1S/C13H16O2S/c1-10(14)4-3-5-13(15)11-6-8-12(16-2)9-7-11/h6-9H,3-5H2,1-2H3. The first kappa shape index (κ1) is 13.0. The van der Waals surface area contributed by atoms with Crippen LogP contribution in [0.5, 0.6) is 0 Å². The van der Waals surface area contributed by atoms with Crippen molar-refractivity contribution in [3.63, 3.8) is 0 Å². The van der Waals surface area contributed by atoms with Crippen LogP contribution in [0.15, 0.2) is 29.2 Å². The quantitative estimate of drug-likeness (QED) is 0.561. The summed E-state index contributed by atoms with van der Waals surface area (Å²) in [6.07, 6.45) is 3.61. The van der Waals surface area contributed by atoms with Crippen LogP contribution in [-0.2, 0) is 4.79 Å². The fraction of sp³-hybridized carbons (Fsp3) is 0.385. The molecular weight excluding hydrogens is 220 g/mol. The molecule has 2 nitrogen and oxygen atoms in total. The Morgan fingerprint density at radius 3 is 2.25 bits per heavy atom. The third-order valence-electron chi connectivity index (χ3n) is 2.34. The lowest BCUT2D eigenvalue weighted by molar-refractivity contribution is -0.117. The number of rotatable bonds is 6. The van der Waals surface area contributed by atoms with Gasteiger partial charge in [0.15, 0.2) is 5.78 Å². The maximum absolute atomic E-state index is 11.7. The fourth-order valence-corrected chi connectivity index (χ4v) is 1.83. The van der Waals surface area contributed by atoms with Gasteiger partial charge < -0.3 is 4.79 Å². The predicted octanol–water partition coefficient (Wildman–Crippen LogP) is 3.35. The molecule has 1 rings (SSSR count). The molecule has 0 aliphatic carbocycles. The third-order valence-corrected chi connectivity index (χ3v) is 3.09. The average Bonchev–Trinajstić information content (AvgIpc) is 2.28. The Bertz CT molecular complexity index is 368. The number of ketones is 2. The van der Waals surface area contributed by atoms with Gasteiger partial charge >= 0.3 is 0 Å². The van der Waals surface area contributed by atoms with Gasteiger partial charge in [-0.1, -0.05) is 12.1 Å². The summed E-state index contributed by atoms with van der Waals surface area (Å²) < 4.78 is 0. The van der Waals surface area contributed by atoms with E-state index in [9.17, 15) is 9.59 Å². The van der Waals surface area contributed by atoms with E-state index >= 15 is 0 Å². The van der Waals surface area contributed by atoms with Crippen molar-refractivity contribution in [1.82, 2.24) is 0 Å². The van der Waals surface area contributed by atoms with Gasteiger partial charge in [-0.3, -0.25) is 4.79 Å². The molecule has 0 spiro atoms. The highest BCUT2D eigenvalue weighted by atomic mass is 32.2. The minimum atomic E-state index is 0.119. The summed E-state index contributed by atoms with van der Waals surface area (Å²) in [4.78, 5) is 23.6. The Kier molecular flexibility index (Phi) is 5.26. The van der Waals surface area contributed by atoms with E-state index in [1.54, 1.807) is 18.7 Å². The van der Waals surface area contributed by atoms with Crippen molar-refractivity contribution in [3.8, 4) is 0 Å². The molecule has 0 unspecified atom stereocenters. The van der Waals surface area contributed by atoms with E-state index in [0.29, 0.717) is 19.3 Å². The van der Waals surface area contributed by atoms with Gasteiger partial charge in [0.25, 0.3) is 0 Å². The van der Waals surface area contributed by atoms with E-state index in [4.69, 9.17) is 0 Å². The topological polar surface area (TPSA) is 34.1 Å². The SMILES string of the molecule is CSc1ccc(C(=O)CCCC(C)=O)cc1. The Hall–Kier alpha value is -1.09. The highest BCUT2D eigenvalue weighted by molar-refractivity contribution is 7.98. The molecule has 16 heavy (non-hydrogen) atoms. The molecule has 0 atom stereocenters. The highest BCUT2D eigenvalue weighted by Gasteiger charge is 2.05. The summed E-state index contributed by atoms with van der Waals surface area (Å²) in [7, 11) is 0. The van der Waals surface area contributed by atoms with Gasteiger partial charge in [-0.25, -0.2) is 0 Å². The van der Waals surface area contributed by atoms with Crippen molar-refractivity contribution in [2.75, 3.05) is 6.26 Å². The van der Waals surface area contributed by atoms with Crippen LogP contribution in [0.25, 0.3) is 0 Å². The Morgan fingerprint density at radius 1 is 1.12 bits per heavy atom. The first-order valence-corrected chi connectivity index (χ1v) is 6.52. The molecule has 0 heterocycles. The molecule has 0 aliphatic heterocycles. The van der Waals surface area contributed by atoms with Gasteiger partial charge in [0, 0.05) is 23.3 Å². The van der Waals surface area contributed by atoms with E-state index < -0.39 is 0 Å².